The monoisotopic (exact) mass is 391 g/mol. The highest BCUT2D eigenvalue weighted by Crippen LogP contribution is 2.27. The summed E-state index contributed by atoms with van der Waals surface area (Å²) in [5, 5.41) is 3.52. The molecule has 1 fully saturated rings. The Morgan fingerprint density at radius 1 is 1.12 bits per heavy atom. The molecule has 7 heteroatoms. The Kier molecular flexibility index (Phi) is 6.56. The van der Waals surface area contributed by atoms with Gasteiger partial charge in [0.05, 0.1) is 0 Å². The molecule has 0 saturated carbocycles. The molecule has 1 N–H and O–H groups in total. The Morgan fingerprint density at radius 2 is 1.85 bits per heavy atom. The summed E-state index contributed by atoms with van der Waals surface area (Å²) >= 11 is 1.75. The first-order valence-corrected chi connectivity index (χ1v) is 11.3. The summed E-state index contributed by atoms with van der Waals surface area (Å²) in [6.45, 7) is 3.94. The Labute approximate surface area is 160 Å². The summed E-state index contributed by atoms with van der Waals surface area (Å²) < 4.78 is 27.6. The van der Waals surface area contributed by atoms with Gasteiger partial charge < -0.3 is 5.32 Å². The molecule has 2 heterocycles. The van der Waals surface area contributed by atoms with Crippen molar-refractivity contribution < 1.29 is 8.42 Å². The average molecular weight is 392 g/mol. The van der Waals surface area contributed by atoms with Crippen molar-refractivity contribution >= 4 is 27.6 Å². The van der Waals surface area contributed by atoms with E-state index >= 15 is 0 Å². The second kappa shape index (κ2) is 8.88. The standard InChI is InChI=1S/C19H25N3O2S2/c1-16(25-17-9-4-2-5-10-17)15-21-19-18(11-8-12-20-19)26(23,24)22-13-6-3-7-14-22/h2,4-5,8-12,16H,3,6-7,13-15H2,1H3,(H,20,21). The normalized spacial score (nSPS) is 17.0. The van der Waals surface area contributed by atoms with Gasteiger partial charge >= 0.3 is 0 Å². The van der Waals surface area contributed by atoms with Crippen LogP contribution in [0.5, 0.6) is 0 Å². The zero-order chi connectivity index (χ0) is 18.4. The van der Waals surface area contributed by atoms with Crippen LogP contribution in [0.25, 0.3) is 0 Å². The molecule has 0 amide bonds. The number of aromatic nitrogens is 1. The van der Waals surface area contributed by atoms with Crippen LogP contribution in [0.3, 0.4) is 0 Å². The lowest BCUT2D eigenvalue weighted by Crippen LogP contribution is -2.36. The number of nitrogens with zero attached hydrogens (tertiary/aromatic N) is 2. The molecule has 1 aromatic carbocycles. The number of sulfonamides is 1. The lowest BCUT2D eigenvalue weighted by atomic mass is 10.2. The summed E-state index contributed by atoms with van der Waals surface area (Å²) in [5.41, 5.74) is 0. The zero-order valence-corrected chi connectivity index (χ0v) is 16.6. The number of hydrogen-bond acceptors (Lipinski definition) is 5. The number of hydrogen-bond donors (Lipinski definition) is 1. The molecule has 1 aliphatic rings. The minimum Gasteiger partial charge on any atom is -0.368 e. The molecule has 0 radical (unpaired) electrons. The predicted octanol–water partition coefficient (Wildman–Crippen LogP) is 3.85. The number of thioether (sulfide) groups is 1. The van der Waals surface area contributed by atoms with Gasteiger partial charge in [0.25, 0.3) is 0 Å². The Hall–Kier alpha value is -1.57. The van der Waals surface area contributed by atoms with Crippen LogP contribution in [-0.4, -0.2) is 42.6 Å². The minimum absolute atomic E-state index is 0.277. The molecule has 1 unspecified atom stereocenters. The highest BCUT2D eigenvalue weighted by atomic mass is 32.2. The largest absolute Gasteiger partial charge is 0.368 e. The maximum atomic E-state index is 13.0. The third-order valence-electron chi connectivity index (χ3n) is 4.34. The van der Waals surface area contributed by atoms with E-state index in [1.54, 1.807) is 34.4 Å². The molecule has 3 rings (SSSR count). The van der Waals surface area contributed by atoms with Gasteiger partial charge in [-0.1, -0.05) is 31.5 Å². The summed E-state index contributed by atoms with van der Waals surface area (Å²) in [4.78, 5) is 5.77. The van der Waals surface area contributed by atoms with Gasteiger partial charge in [-0.3, -0.25) is 0 Å². The van der Waals surface area contributed by atoms with E-state index in [0.717, 1.165) is 19.3 Å². The molecule has 0 aliphatic carbocycles. The number of piperidine rings is 1. The van der Waals surface area contributed by atoms with Crippen LogP contribution in [-0.2, 0) is 10.0 Å². The minimum atomic E-state index is -3.50. The first-order chi connectivity index (χ1) is 12.6. The first-order valence-electron chi connectivity index (χ1n) is 8.98. The second-order valence-corrected chi connectivity index (χ2v) is 9.86. The van der Waals surface area contributed by atoms with Gasteiger partial charge in [-0.05, 0) is 37.1 Å². The van der Waals surface area contributed by atoms with Crippen LogP contribution in [0.2, 0.25) is 0 Å². The molecule has 5 nitrogen and oxygen atoms in total. The fraction of sp³-hybridized carbons (Fsp3) is 0.421. The number of benzene rings is 1. The molecule has 1 saturated heterocycles. The van der Waals surface area contributed by atoms with Crippen molar-refractivity contribution in [2.75, 3.05) is 25.0 Å². The van der Waals surface area contributed by atoms with E-state index in [0.29, 0.717) is 25.5 Å². The summed E-state index contributed by atoms with van der Waals surface area (Å²) in [6, 6.07) is 13.5. The SMILES string of the molecule is CC(CNc1ncccc1S(=O)(=O)N1CCCCC1)Sc1ccccc1. The number of pyridine rings is 1. The molecule has 1 aliphatic heterocycles. The van der Waals surface area contributed by atoms with Crippen LogP contribution in [0, 0.1) is 0 Å². The van der Waals surface area contributed by atoms with E-state index in [9.17, 15) is 8.42 Å². The van der Waals surface area contributed by atoms with Crippen LogP contribution < -0.4 is 5.32 Å². The van der Waals surface area contributed by atoms with Gasteiger partial charge in [0.2, 0.25) is 10.0 Å². The summed E-state index contributed by atoms with van der Waals surface area (Å²) in [5.74, 6) is 0.443. The average Bonchev–Trinajstić information content (AvgIpc) is 2.68. The van der Waals surface area contributed by atoms with Crippen LogP contribution in [0.4, 0.5) is 5.82 Å². The van der Waals surface area contributed by atoms with Gasteiger partial charge in [0.15, 0.2) is 0 Å². The van der Waals surface area contributed by atoms with E-state index in [2.05, 4.69) is 29.4 Å². The molecule has 26 heavy (non-hydrogen) atoms. The maximum absolute atomic E-state index is 13.0. The summed E-state index contributed by atoms with van der Waals surface area (Å²) in [6.07, 6.45) is 4.57. The Morgan fingerprint density at radius 3 is 2.58 bits per heavy atom. The molecular formula is C19H25N3O2S2. The van der Waals surface area contributed by atoms with E-state index in [1.165, 1.54) is 4.90 Å². The lowest BCUT2D eigenvalue weighted by molar-refractivity contribution is 0.346. The van der Waals surface area contributed by atoms with Gasteiger partial charge in [-0.25, -0.2) is 13.4 Å². The highest BCUT2D eigenvalue weighted by molar-refractivity contribution is 8.00. The summed E-state index contributed by atoms with van der Waals surface area (Å²) in [7, 11) is -3.50. The Bertz CT molecular complexity index is 807. The van der Waals surface area contributed by atoms with Crippen molar-refractivity contribution in [1.29, 1.82) is 0 Å². The molecule has 1 atom stereocenters. The van der Waals surface area contributed by atoms with Crippen LogP contribution in [0.15, 0.2) is 58.5 Å². The molecule has 1 aromatic heterocycles. The molecular weight excluding hydrogens is 366 g/mol. The van der Waals surface area contributed by atoms with Crippen molar-refractivity contribution in [3.63, 3.8) is 0 Å². The number of anilines is 1. The first kappa shape index (κ1) is 19.2. The second-order valence-electron chi connectivity index (χ2n) is 6.44. The third-order valence-corrected chi connectivity index (χ3v) is 7.38. The topological polar surface area (TPSA) is 62.3 Å². The van der Waals surface area contributed by atoms with Gasteiger partial charge in [-0.15, -0.1) is 11.8 Å². The van der Waals surface area contributed by atoms with E-state index in [4.69, 9.17) is 0 Å². The maximum Gasteiger partial charge on any atom is 0.246 e. The molecule has 0 spiro atoms. The third kappa shape index (κ3) is 4.78. The van der Waals surface area contributed by atoms with Crippen molar-refractivity contribution in [3.8, 4) is 0 Å². The van der Waals surface area contributed by atoms with E-state index < -0.39 is 10.0 Å². The molecule has 2 aromatic rings. The number of nitrogens with one attached hydrogen (secondary N) is 1. The van der Waals surface area contributed by atoms with E-state index in [-0.39, 0.29) is 10.1 Å². The predicted molar refractivity (Wildman–Crippen MR) is 107 cm³/mol. The van der Waals surface area contributed by atoms with Crippen molar-refractivity contribution in [2.45, 2.75) is 41.2 Å². The quantitative estimate of drug-likeness (QED) is 0.727. The lowest BCUT2D eigenvalue weighted by Gasteiger charge is -2.26. The van der Waals surface area contributed by atoms with Crippen molar-refractivity contribution in [3.05, 3.63) is 48.7 Å². The van der Waals surface area contributed by atoms with Crippen LogP contribution >= 0.6 is 11.8 Å². The molecule has 140 valence electrons. The van der Waals surface area contributed by atoms with Gasteiger partial charge in [0, 0.05) is 36.0 Å². The van der Waals surface area contributed by atoms with Crippen molar-refractivity contribution in [2.24, 2.45) is 0 Å². The smallest absolute Gasteiger partial charge is 0.246 e. The van der Waals surface area contributed by atoms with Gasteiger partial charge in [-0.2, -0.15) is 4.31 Å². The zero-order valence-electron chi connectivity index (χ0n) is 15.0. The Balaban J connectivity index is 1.69. The fourth-order valence-electron chi connectivity index (χ4n) is 2.99. The fourth-order valence-corrected chi connectivity index (χ4v) is 5.57. The van der Waals surface area contributed by atoms with Gasteiger partial charge in [0.1, 0.15) is 10.7 Å². The number of rotatable bonds is 7. The van der Waals surface area contributed by atoms with Crippen molar-refractivity contribution in [1.82, 2.24) is 9.29 Å². The molecule has 0 bridgehead atoms. The van der Waals surface area contributed by atoms with Crippen LogP contribution in [0.1, 0.15) is 26.2 Å². The highest BCUT2D eigenvalue weighted by Gasteiger charge is 2.28. The van der Waals surface area contributed by atoms with E-state index in [1.807, 2.05) is 18.2 Å².